The van der Waals surface area contributed by atoms with Crippen LogP contribution in [0.5, 0.6) is 0 Å². The Hall–Kier alpha value is -1.60. The lowest BCUT2D eigenvalue weighted by molar-refractivity contribution is -0.142. The molecule has 7 heteroatoms. The summed E-state index contributed by atoms with van der Waals surface area (Å²) in [6.45, 7) is 1.94. The summed E-state index contributed by atoms with van der Waals surface area (Å²) < 4.78 is 27.8. The second-order valence-corrected chi connectivity index (χ2v) is 8.06. The molecular formula is C16H24N2O4S. The zero-order valence-electron chi connectivity index (χ0n) is 13.7. The van der Waals surface area contributed by atoms with Crippen molar-refractivity contribution in [1.29, 1.82) is 0 Å². The highest BCUT2D eigenvalue weighted by Gasteiger charge is 2.29. The SMILES string of the molecule is Cc1ccc(S(=O)(=O)NC2CCC(C(=O)O)CC2)cc1N(C)C. The Kier molecular flexibility index (Phi) is 5.31. The van der Waals surface area contributed by atoms with Crippen molar-refractivity contribution >= 4 is 21.7 Å². The maximum absolute atomic E-state index is 12.6. The van der Waals surface area contributed by atoms with Gasteiger partial charge < -0.3 is 10.0 Å². The highest BCUT2D eigenvalue weighted by atomic mass is 32.2. The number of rotatable bonds is 5. The smallest absolute Gasteiger partial charge is 0.306 e. The third-order valence-corrected chi connectivity index (χ3v) is 5.89. The number of sulfonamides is 1. The van der Waals surface area contributed by atoms with Crippen LogP contribution in [0.4, 0.5) is 5.69 Å². The van der Waals surface area contributed by atoms with Crippen molar-refractivity contribution in [2.75, 3.05) is 19.0 Å². The van der Waals surface area contributed by atoms with E-state index in [1.807, 2.05) is 25.9 Å². The molecule has 0 atom stereocenters. The molecule has 0 aliphatic heterocycles. The van der Waals surface area contributed by atoms with Crippen LogP contribution in [0.25, 0.3) is 0 Å². The van der Waals surface area contributed by atoms with E-state index in [9.17, 15) is 13.2 Å². The van der Waals surface area contributed by atoms with Crippen LogP contribution in [0.3, 0.4) is 0 Å². The summed E-state index contributed by atoms with van der Waals surface area (Å²) >= 11 is 0. The minimum Gasteiger partial charge on any atom is -0.481 e. The van der Waals surface area contributed by atoms with Crippen molar-refractivity contribution in [3.05, 3.63) is 23.8 Å². The fraction of sp³-hybridized carbons (Fsp3) is 0.562. The van der Waals surface area contributed by atoms with Crippen LogP contribution < -0.4 is 9.62 Å². The molecule has 0 heterocycles. The lowest BCUT2D eigenvalue weighted by Crippen LogP contribution is -2.38. The summed E-state index contributed by atoms with van der Waals surface area (Å²) in [5.74, 6) is -1.14. The Morgan fingerprint density at radius 1 is 1.22 bits per heavy atom. The number of nitrogens with one attached hydrogen (secondary N) is 1. The van der Waals surface area contributed by atoms with Crippen LogP contribution in [-0.2, 0) is 14.8 Å². The van der Waals surface area contributed by atoms with E-state index >= 15 is 0 Å². The number of aliphatic carboxylic acids is 1. The number of hydrogen-bond acceptors (Lipinski definition) is 4. The predicted molar refractivity (Wildman–Crippen MR) is 89.2 cm³/mol. The number of carbonyl (C=O) groups is 1. The van der Waals surface area contributed by atoms with Crippen molar-refractivity contribution in [2.24, 2.45) is 5.92 Å². The monoisotopic (exact) mass is 340 g/mol. The molecule has 0 saturated heterocycles. The highest BCUT2D eigenvalue weighted by Crippen LogP contribution is 2.27. The molecule has 0 spiro atoms. The Balaban J connectivity index is 2.11. The van der Waals surface area contributed by atoms with Gasteiger partial charge in [-0.2, -0.15) is 0 Å². The molecule has 23 heavy (non-hydrogen) atoms. The van der Waals surface area contributed by atoms with Gasteiger partial charge in [-0.15, -0.1) is 0 Å². The minimum absolute atomic E-state index is 0.195. The van der Waals surface area contributed by atoms with Crippen LogP contribution in [0.2, 0.25) is 0 Å². The van der Waals surface area contributed by atoms with E-state index < -0.39 is 16.0 Å². The first-order valence-corrected chi connectivity index (χ1v) is 9.22. The van der Waals surface area contributed by atoms with Gasteiger partial charge in [-0.1, -0.05) is 6.07 Å². The van der Waals surface area contributed by atoms with Crippen LogP contribution in [-0.4, -0.2) is 39.6 Å². The van der Waals surface area contributed by atoms with E-state index in [-0.39, 0.29) is 16.9 Å². The van der Waals surface area contributed by atoms with Gasteiger partial charge in [0.15, 0.2) is 0 Å². The normalized spacial score (nSPS) is 21.9. The molecule has 6 nitrogen and oxygen atoms in total. The number of hydrogen-bond donors (Lipinski definition) is 2. The Morgan fingerprint density at radius 2 is 1.83 bits per heavy atom. The van der Waals surface area contributed by atoms with Crippen molar-refractivity contribution in [1.82, 2.24) is 4.72 Å². The van der Waals surface area contributed by atoms with Crippen molar-refractivity contribution in [3.8, 4) is 0 Å². The Morgan fingerprint density at radius 3 is 2.35 bits per heavy atom. The molecule has 1 aliphatic carbocycles. The topological polar surface area (TPSA) is 86.7 Å². The molecule has 1 fully saturated rings. The molecule has 0 unspecified atom stereocenters. The summed E-state index contributed by atoms with van der Waals surface area (Å²) in [5.41, 5.74) is 1.87. The highest BCUT2D eigenvalue weighted by molar-refractivity contribution is 7.89. The van der Waals surface area contributed by atoms with Gasteiger partial charge in [0, 0.05) is 25.8 Å². The fourth-order valence-corrected chi connectivity index (χ4v) is 4.31. The van der Waals surface area contributed by atoms with Gasteiger partial charge >= 0.3 is 5.97 Å². The third-order valence-electron chi connectivity index (χ3n) is 4.37. The van der Waals surface area contributed by atoms with E-state index in [0.29, 0.717) is 25.7 Å². The molecule has 1 aliphatic rings. The lowest BCUT2D eigenvalue weighted by atomic mass is 9.87. The molecule has 128 valence electrons. The van der Waals surface area contributed by atoms with Crippen molar-refractivity contribution in [2.45, 2.75) is 43.5 Å². The Labute approximate surface area is 137 Å². The summed E-state index contributed by atoms with van der Waals surface area (Å²) in [6, 6.07) is 4.87. The minimum atomic E-state index is -3.59. The van der Waals surface area contributed by atoms with Crippen LogP contribution >= 0.6 is 0 Å². The first-order valence-electron chi connectivity index (χ1n) is 7.74. The third kappa shape index (κ3) is 4.23. The van der Waals surface area contributed by atoms with Gasteiger partial charge in [-0.05, 0) is 50.3 Å². The molecule has 0 amide bonds. The first kappa shape index (κ1) is 17.7. The molecule has 1 saturated carbocycles. The molecule has 1 aromatic carbocycles. The van der Waals surface area contributed by atoms with Gasteiger partial charge in [0.2, 0.25) is 10.0 Å². The lowest BCUT2D eigenvalue weighted by Gasteiger charge is -2.27. The van der Waals surface area contributed by atoms with Gasteiger partial charge in [-0.3, -0.25) is 4.79 Å². The second-order valence-electron chi connectivity index (χ2n) is 6.35. The summed E-state index contributed by atoms with van der Waals surface area (Å²) in [7, 11) is 0.154. The van der Waals surface area contributed by atoms with Crippen LogP contribution in [0, 0.1) is 12.8 Å². The molecular weight excluding hydrogens is 316 g/mol. The fourth-order valence-electron chi connectivity index (χ4n) is 2.98. The number of carboxylic acids is 1. The summed E-state index contributed by atoms with van der Waals surface area (Å²) in [5, 5.41) is 9.00. The van der Waals surface area contributed by atoms with E-state index in [1.165, 1.54) is 0 Å². The van der Waals surface area contributed by atoms with E-state index in [4.69, 9.17) is 5.11 Å². The van der Waals surface area contributed by atoms with Gasteiger partial charge in [0.25, 0.3) is 0 Å². The maximum atomic E-state index is 12.6. The quantitative estimate of drug-likeness (QED) is 0.856. The molecule has 0 aromatic heterocycles. The molecule has 0 radical (unpaired) electrons. The molecule has 0 bridgehead atoms. The predicted octanol–water partition coefficient (Wildman–Crippen LogP) is 1.98. The molecule has 2 rings (SSSR count). The number of carboxylic acid groups (broad SMARTS) is 1. The maximum Gasteiger partial charge on any atom is 0.306 e. The largest absolute Gasteiger partial charge is 0.481 e. The van der Waals surface area contributed by atoms with Crippen LogP contribution in [0.1, 0.15) is 31.2 Å². The standard InChI is InChI=1S/C16H24N2O4S/c1-11-4-9-14(10-15(11)18(2)3)23(21,22)17-13-7-5-12(6-8-13)16(19)20/h4,9-10,12-13,17H,5-8H2,1-3H3,(H,19,20). The van der Waals surface area contributed by atoms with E-state index in [1.54, 1.807) is 18.2 Å². The first-order chi connectivity index (χ1) is 10.7. The van der Waals surface area contributed by atoms with E-state index in [2.05, 4.69) is 4.72 Å². The summed E-state index contributed by atoms with van der Waals surface area (Å²) in [6.07, 6.45) is 2.14. The molecule has 2 N–H and O–H groups in total. The number of benzene rings is 1. The van der Waals surface area contributed by atoms with E-state index in [0.717, 1.165) is 11.3 Å². The number of nitrogens with zero attached hydrogens (tertiary/aromatic N) is 1. The van der Waals surface area contributed by atoms with Gasteiger partial charge in [0.05, 0.1) is 10.8 Å². The Bertz CT molecular complexity index is 677. The average Bonchev–Trinajstić information content (AvgIpc) is 2.47. The van der Waals surface area contributed by atoms with Crippen LogP contribution in [0.15, 0.2) is 23.1 Å². The zero-order valence-corrected chi connectivity index (χ0v) is 14.6. The van der Waals surface area contributed by atoms with Crippen molar-refractivity contribution in [3.63, 3.8) is 0 Å². The number of anilines is 1. The molecule has 1 aromatic rings. The zero-order chi connectivity index (χ0) is 17.2. The van der Waals surface area contributed by atoms with Gasteiger partial charge in [0.1, 0.15) is 0 Å². The number of aryl methyl sites for hydroxylation is 1. The summed E-state index contributed by atoms with van der Waals surface area (Å²) in [4.78, 5) is 13.1. The second kappa shape index (κ2) is 6.88. The van der Waals surface area contributed by atoms with Crippen molar-refractivity contribution < 1.29 is 18.3 Å². The van der Waals surface area contributed by atoms with Gasteiger partial charge in [-0.25, -0.2) is 13.1 Å². The average molecular weight is 340 g/mol.